The third-order valence-electron chi connectivity index (χ3n) is 2.72. The van der Waals surface area contributed by atoms with E-state index in [0.717, 1.165) is 11.1 Å². The van der Waals surface area contributed by atoms with Crippen LogP contribution in [0.15, 0.2) is 18.3 Å². The SMILES string of the molecule is CC#Cc1cnc2cc(C(C)(C)C)cc(Cl)c2n1. The Labute approximate surface area is 112 Å². The lowest BCUT2D eigenvalue weighted by Gasteiger charge is -2.19. The topological polar surface area (TPSA) is 25.8 Å². The predicted octanol–water partition coefficient (Wildman–Crippen LogP) is 3.95. The summed E-state index contributed by atoms with van der Waals surface area (Å²) in [7, 11) is 0. The van der Waals surface area contributed by atoms with Gasteiger partial charge < -0.3 is 0 Å². The number of hydrogen-bond acceptors (Lipinski definition) is 2. The predicted molar refractivity (Wildman–Crippen MR) is 75.8 cm³/mol. The number of fused-ring (bicyclic) bond motifs is 1. The molecule has 0 bridgehead atoms. The molecule has 0 radical (unpaired) electrons. The van der Waals surface area contributed by atoms with Gasteiger partial charge in [0.2, 0.25) is 0 Å². The molecule has 0 saturated carbocycles. The van der Waals surface area contributed by atoms with Gasteiger partial charge in [-0.05, 0) is 36.0 Å². The fraction of sp³-hybridized carbons (Fsp3) is 0.333. The molecular weight excluding hydrogens is 244 g/mol. The summed E-state index contributed by atoms with van der Waals surface area (Å²) in [4.78, 5) is 8.80. The largest absolute Gasteiger partial charge is 0.252 e. The van der Waals surface area contributed by atoms with Crippen LogP contribution in [0, 0.1) is 11.8 Å². The fourth-order valence-corrected chi connectivity index (χ4v) is 1.95. The van der Waals surface area contributed by atoms with Crippen LogP contribution in [0.3, 0.4) is 0 Å². The second-order valence-corrected chi connectivity index (χ2v) is 5.61. The normalized spacial score (nSPS) is 11.2. The molecule has 0 unspecified atom stereocenters. The van der Waals surface area contributed by atoms with E-state index in [1.807, 2.05) is 12.1 Å². The van der Waals surface area contributed by atoms with E-state index >= 15 is 0 Å². The van der Waals surface area contributed by atoms with Crippen molar-refractivity contribution in [1.29, 1.82) is 0 Å². The molecule has 0 N–H and O–H groups in total. The van der Waals surface area contributed by atoms with Gasteiger partial charge >= 0.3 is 0 Å². The van der Waals surface area contributed by atoms with Crippen LogP contribution in [0.4, 0.5) is 0 Å². The third kappa shape index (κ3) is 2.47. The maximum absolute atomic E-state index is 6.29. The highest BCUT2D eigenvalue weighted by Crippen LogP contribution is 2.29. The summed E-state index contributed by atoms with van der Waals surface area (Å²) in [6.45, 7) is 8.22. The van der Waals surface area contributed by atoms with Crippen LogP contribution in [0.5, 0.6) is 0 Å². The molecule has 1 aromatic heterocycles. The van der Waals surface area contributed by atoms with E-state index in [-0.39, 0.29) is 5.41 Å². The van der Waals surface area contributed by atoms with Crippen LogP contribution in [0.25, 0.3) is 11.0 Å². The molecule has 0 saturated heterocycles. The maximum Gasteiger partial charge on any atom is 0.132 e. The monoisotopic (exact) mass is 258 g/mol. The Morgan fingerprint density at radius 3 is 2.56 bits per heavy atom. The van der Waals surface area contributed by atoms with Crippen molar-refractivity contribution in [1.82, 2.24) is 9.97 Å². The van der Waals surface area contributed by atoms with Gasteiger partial charge in [0.1, 0.15) is 11.2 Å². The highest BCUT2D eigenvalue weighted by molar-refractivity contribution is 6.35. The summed E-state index contributed by atoms with van der Waals surface area (Å²) >= 11 is 6.29. The van der Waals surface area contributed by atoms with Crippen molar-refractivity contribution in [2.45, 2.75) is 33.1 Å². The van der Waals surface area contributed by atoms with Crippen molar-refractivity contribution in [3.8, 4) is 11.8 Å². The van der Waals surface area contributed by atoms with Crippen molar-refractivity contribution in [3.05, 3.63) is 34.6 Å². The molecule has 92 valence electrons. The van der Waals surface area contributed by atoms with Crippen molar-refractivity contribution < 1.29 is 0 Å². The molecule has 18 heavy (non-hydrogen) atoms. The van der Waals surface area contributed by atoms with Gasteiger partial charge in [-0.15, -0.1) is 0 Å². The number of rotatable bonds is 0. The molecule has 2 rings (SSSR count). The van der Waals surface area contributed by atoms with Gasteiger partial charge in [-0.3, -0.25) is 4.98 Å². The van der Waals surface area contributed by atoms with E-state index in [4.69, 9.17) is 11.6 Å². The van der Waals surface area contributed by atoms with Crippen LogP contribution >= 0.6 is 11.6 Å². The molecule has 0 aliphatic carbocycles. The van der Waals surface area contributed by atoms with Gasteiger partial charge in [0, 0.05) is 0 Å². The summed E-state index contributed by atoms with van der Waals surface area (Å²) in [5.41, 5.74) is 3.37. The summed E-state index contributed by atoms with van der Waals surface area (Å²) < 4.78 is 0. The second kappa shape index (κ2) is 4.59. The molecule has 0 fully saturated rings. The molecule has 2 nitrogen and oxygen atoms in total. The van der Waals surface area contributed by atoms with Gasteiger partial charge in [0.05, 0.1) is 16.7 Å². The zero-order valence-electron chi connectivity index (χ0n) is 11.0. The van der Waals surface area contributed by atoms with Crippen molar-refractivity contribution in [3.63, 3.8) is 0 Å². The van der Waals surface area contributed by atoms with Gasteiger partial charge in [-0.1, -0.05) is 38.3 Å². The standard InChI is InChI=1S/C15H15ClN2/c1-5-6-11-9-17-13-8-10(15(2,3)4)7-12(16)14(13)18-11/h7-9H,1-4H3. The summed E-state index contributed by atoms with van der Waals surface area (Å²) in [6, 6.07) is 4.00. The van der Waals surface area contributed by atoms with E-state index in [0.29, 0.717) is 16.2 Å². The van der Waals surface area contributed by atoms with Crippen molar-refractivity contribution in [2.75, 3.05) is 0 Å². The van der Waals surface area contributed by atoms with Crippen LogP contribution in [0.2, 0.25) is 5.02 Å². The van der Waals surface area contributed by atoms with Gasteiger partial charge in [-0.25, -0.2) is 4.98 Å². The highest BCUT2D eigenvalue weighted by Gasteiger charge is 2.16. The van der Waals surface area contributed by atoms with Gasteiger partial charge in [-0.2, -0.15) is 0 Å². The molecule has 0 amide bonds. The average molecular weight is 259 g/mol. The highest BCUT2D eigenvalue weighted by atomic mass is 35.5. The smallest absolute Gasteiger partial charge is 0.132 e. The van der Waals surface area contributed by atoms with E-state index < -0.39 is 0 Å². The zero-order valence-corrected chi connectivity index (χ0v) is 11.8. The summed E-state index contributed by atoms with van der Waals surface area (Å²) in [6.07, 6.45) is 1.68. The first kappa shape index (κ1) is 12.9. The first-order valence-electron chi connectivity index (χ1n) is 5.81. The van der Waals surface area contributed by atoms with E-state index in [1.165, 1.54) is 0 Å². The molecule has 3 heteroatoms. The summed E-state index contributed by atoms with van der Waals surface area (Å²) in [5.74, 6) is 5.70. The third-order valence-corrected chi connectivity index (χ3v) is 3.01. The molecule has 0 spiro atoms. The lowest BCUT2D eigenvalue weighted by Crippen LogP contribution is -2.11. The minimum absolute atomic E-state index is 0.0431. The zero-order chi connectivity index (χ0) is 13.3. The van der Waals surface area contributed by atoms with Crippen LogP contribution in [-0.2, 0) is 5.41 Å². The number of benzene rings is 1. The van der Waals surface area contributed by atoms with Crippen molar-refractivity contribution >= 4 is 22.6 Å². The average Bonchev–Trinajstić information content (AvgIpc) is 2.29. The maximum atomic E-state index is 6.29. The van der Waals surface area contributed by atoms with Gasteiger partial charge in [0.15, 0.2) is 0 Å². The first-order valence-corrected chi connectivity index (χ1v) is 6.19. The molecule has 0 aliphatic heterocycles. The quantitative estimate of drug-likeness (QED) is 0.669. The first-order chi connectivity index (χ1) is 8.41. The minimum atomic E-state index is 0.0431. The van der Waals surface area contributed by atoms with Crippen LogP contribution in [-0.4, -0.2) is 9.97 Å². The molecule has 1 aromatic carbocycles. The Balaban J connectivity index is 2.68. The fourth-order valence-electron chi connectivity index (χ4n) is 1.69. The Morgan fingerprint density at radius 1 is 1.22 bits per heavy atom. The summed E-state index contributed by atoms with van der Waals surface area (Å²) in [5, 5.41) is 0.629. The van der Waals surface area contributed by atoms with Crippen molar-refractivity contribution in [2.24, 2.45) is 0 Å². The molecular formula is C15H15ClN2. The Morgan fingerprint density at radius 2 is 1.94 bits per heavy atom. The Kier molecular flexibility index (Phi) is 3.28. The molecule has 0 aliphatic rings. The Hall–Kier alpha value is -1.59. The van der Waals surface area contributed by atoms with E-state index in [1.54, 1.807) is 13.1 Å². The molecule has 1 heterocycles. The van der Waals surface area contributed by atoms with Crippen LogP contribution < -0.4 is 0 Å². The lowest BCUT2D eigenvalue weighted by molar-refractivity contribution is 0.591. The van der Waals surface area contributed by atoms with Gasteiger partial charge in [0.25, 0.3) is 0 Å². The van der Waals surface area contributed by atoms with E-state index in [9.17, 15) is 0 Å². The lowest BCUT2D eigenvalue weighted by atomic mass is 9.87. The van der Waals surface area contributed by atoms with Crippen LogP contribution in [0.1, 0.15) is 39.0 Å². The molecule has 2 aromatic rings. The molecule has 0 atom stereocenters. The number of nitrogens with zero attached hydrogens (tertiary/aromatic N) is 2. The minimum Gasteiger partial charge on any atom is -0.252 e. The Bertz CT molecular complexity index is 658. The number of aromatic nitrogens is 2. The number of halogens is 1. The number of hydrogen-bond donors (Lipinski definition) is 0. The second-order valence-electron chi connectivity index (χ2n) is 5.21. The van der Waals surface area contributed by atoms with E-state index in [2.05, 4.69) is 42.6 Å².